The number of aryl methyl sites for hydroxylation is 2. The molecule has 10 heteroatoms. The van der Waals surface area contributed by atoms with E-state index in [9.17, 15) is 14.4 Å². The van der Waals surface area contributed by atoms with Crippen LogP contribution in [0.1, 0.15) is 60.8 Å². The molecule has 0 aromatic heterocycles. The molecule has 1 unspecified atom stereocenters. The SMILES string of the molecule is COCCOc1ccc(OCCOC(=O)NCCCCCCNC(C)=O)cc1C1C(=O)Oc2c(C)cc(C)cc21. The van der Waals surface area contributed by atoms with Gasteiger partial charge in [-0.05, 0) is 50.5 Å². The van der Waals surface area contributed by atoms with Gasteiger partial charge in [0.05, 0.1) is 6.61 Å². The van der Waals surface area contributed by atoms with Crippen molar-refractivity contribution in [2.45, 2.75) is 52.4 Å². The molecule has 1 aliphatic rings. The van der Waals surface area contributed by atoms with Crippen molar-refractivity contribution in [3.8, 4) is 17.2 Å². The Kier molecular flexibility index (Phi) is 12.1. The highest BCUT2D eigenvalue weighted by molar-refractivity contribution is 5.91. The number of amides is 2. The van der Waals surface area contributed by atoms with Gasteiger partial charge in [0, 0.05) is 38.2 Å². The molecule has 3 rings (SSSR count). The van der Waals surface area contributed by atoms with Gasteiger partial charge in [-0.15, -0.1) is 0 Å². The number of ether oxygens (including phenoxy) is 5. The second-order valence-electron chi connectivity index (χ2n) is 9.70. The highest BCUT2D eigenvalue weighted by Gasteiger charge is 2.38. The Labute approximate surface area is 235 Å². The van der Waals surface area contributed by atoms with Gasteiger partial charge in [-0.1, -0.05) is 30.5 Å². The van der Waals surface area contributed by atoms with Crippen molar-refractivity contribution in [1.82, 2.24) is 10.6 Å². The summed E-state index contributed by atoms with van der Waals surface area (Å²) in [6.45, 7) is 7.53. The molecule has 0 saturated heterocycles. The van der Waals surface area contributed by atoms with Crippen molar-refractivity contribution < 1.29 is 38.1 Å². The van der Waals surface area contributed by atoms with Crippen molar-refractivity contribution in [3.05, 3.63) is 52.6 Å². The van der Waals surface area contributed by atoms with Crippen molar-refractivity contribution in [3.63, 3.8) is 0 Å². The molecule has 1 atom stereocenters. The van der Waals surface area contributed by atoms with Crippen LogP contribution in [0.15, 0.2) is 30.3 Å². The topological polar surface area (TPSA) is 121 Å². The summed E-state index contributed by atoms with van der Waals surface area (Å²) in [5, 5.41) is 5.49. The third-order valence-corrected chi connectivity index (χ3v) is 6.37. The number of esters is 1. The Hall–Kier alpha value is -3.79. The number of carbonyl (C=O) groups is 3. The lowest BCUT2D eigenvalue weighted by molar-refractivity contribution is -0.133. The normalized spacial score (nSPS) is 13.8. The fourth-order valence-electron chi connectivity index (χ4n) is 4.53. The molecule has 40 heavy (non-hydrogen) atoms. The van der Waals surface area contributed by atoms with Gasteiger partial charge in [-0.3, -0.25) is 9.59 Å². The van der Waals surface area contributed by atoms with Crippen LogP contribution < -0.4 is 24.8 Å². The van der Waals surface area contributed by atoms with Gasteiger partial charge in [0.2, 0.25) is 5.91 Å². The second-order valence-corrected chi connectivity index (χ2v) is 9.70. The predicted octanol–water partition coefficient (Wildman–Crippen LogP) is 4.18. The van der Waals surface area contributed by atoms with Gasteiger partial charge in [-0.2, -0.15) is 0 Å². The van der Waals surface area contributed by atoms with E-state index in [1.807, 2.05) is 26.0 Å². The van der Waals surface area contributed by atoms with Crippen LogP contribution in [-0.4, -0.2) is 64.6 Å². The molecular weight excluding hydrogens is 516 g/mol. The number of methoxy groups -OCH3 is 1. The molecule has 0 spiro atoms. The average molecular weight is 557 g/mol. The molecule has 2 aromatic rings. The molecular formula is C30H40N2O8. The molecule has 1 aliphatic heterocycles. The van der Waals surface area contributed by atoms with Crippen molar-refractivity contribution in [2.75, 3.05) is 46.6 Å². The minimum atomic E-state index is -0.651. The van der Waals surface area contributed by atoms with E-state index in [0.717, 1.165) is 42.4 Å². The first kappa shape index (κ1) is 30.7. The fourth-order valence-corrected chi connectivity index (χ4v) is 4.53. The van der Waals surface area contributed by atoms with Gasteiger partial charge >= 0.3 is 12.1 Å². The number of benzene rings is 2. The Morgan fingerprint density at radius 1 is 0.875 bits per heavy atom. The lowest BCUT2D eigenvalue weighted by Gasteiger charge is -2.17. The van der Waals surface area contributed by atoms with E-state index in [2.05, 4.69) is 10.6 Å². The fraction of sp³-hybridized carbons (Fsp3) is 0.500. The van der Waals surface area contributed by atoms with Crippen LogP contribution in [0.5, 0.6) is 17.2 Å². The third-order valence-electron chi connectivity index (χ3n) is 6.37. The Balaban J connectivity index is 1.52. The van der Waals surface area contributed by atoms with E-state index in [-0.39, 0.29) is 25.1 Å². The number of rotatable bonds is 16. The van der Waals surface area contributed by atoms with E-state index in [1.165, 1.54) is 6.92 Å². The zero-order valence-corrected chi connectivity index (χ0v) is 23.8. The van der Waals surface area contributed by atoms with Crippen LogP contribution in [0.25, 0.3) is 0 Å². The lowest BCUT2D eigenvalue weighted by Crippen LogP contribution is -2.27. The van der Waals surface area contributed by atoms with Crippen LogP contribution in [0.3, 0.4) is 0 Å². The number of hydrogen-bond donors (Lipinski definition) is 2. The highest BCUT2D eigenvalue weighted by atomic mass is 16.6. The number of carbonyl (C=O) groups excluding carboxylic acids is 3. The van der Waals surface area contributed by atoms with Crippen LogP contribution in [0.4, 0.5) is 4.79 Å². The molecule has 0 aliphatic carbocycles. The Morgan fingerprint density at radius 2 is 1.60 bits per heavy atom. The van der Waals surface area contributed by atoms with E-state index in [1.54, 1.807) is 25.3 Å². The summed E-state index contributed by atoms with van der Waals surface area (Å²) < 4.78 is 27.7. The molecule has 2 N–H and O–H groups in total. The molecule has 10 nitrogen and oxygen atoms in total. The van der Waals surface area contributed by atoms with E-state index < -0.39 is 12.0 Å². The molecule has 0 fully saturated rings. The minimum absolute atomic E-state index is 0.0211. The summed E-state index contributed by atoms with van der Waals surface area (Å²) in [7, 11) is 1.60. The van der Waals surface area contributed by atoms with Crippen molar-refractivity contribution >= 4 is 18.0 Å². The molecule has 218 valence electrons. The largest absolute Gasteiger partial charge is 0.491 e. The molecule has 1 heterocycles. The first-order valence-electron chi connectivity index (χ1n) is 13.7. The lowest BCUT2D eigenvalue weighted by atomic mass is 9.89. The highest BCUT2D eigenvalue weighted by Crippen LogP contribution is 2.45. The number of fused-ring (bicyclic) bond motifs is 1. The smallest absolute Gasteiger partial charge is 0.407 e. The third kappa shape index (κ3) is 9.15. The molecule has 0 bridgehead atoms. The first-order valence-corrected chi connectivity index (χ1v) is 13.7. The summed E-state index contributed by atoms with van der Waals surface area (Å²) in [5.74, 6) is 0.603. The number of unbranched alkanes of at least 4 members (excludes halogenated alkanes) is 3. The maximum atomic E-state index is 13.0. The van der Waals surface area contributed by atoms with Gasteiger partial charge in [0.1, 0.15) is 43.0 Å². The Morgan fingerprint density at radius 3 is 2.33 bits per heavy atom. The zero-order chi connectivity index (χ0) is 28.9. The standard InChI is InChI=1S/C30H40N2O8/c1-20-17-21(2)28-25(18-20)27(29(34)40-28)24-19-23(9-10-26(24)38-14-13-36-4)37-15-16-39-30(35)32-12-8-6-5-7-11-31-22(3)33/h9-10,17-19,27H,5-8,11-16H2,1-4H3,(H,31,33)(H,32,35). The summed E-state index contributed by atoms with van der Waals surface area (Å²) in [5.41, 5.74) is 3.37. The quantitative estimate of drug-likeness (QED) is 0.179. The second kappa shape index (κ2) is 15.7. The van der Waals surface area contributed by atoms with Gasteiger partial charge in [0.25, 0.3) is 0 Å². The maximum absolute atomic E-state index is 13.0. The summed E-state index contributed by atoms with van der Waals surface area (Å²) in [4.78, 5) is 35.8. The minimum Gasteiger partial charge on any atom is -0.491 e. The summed E-state index contributed by atoms with van der Waals surface area (Å²) in [6.07, 6.45) is 3.18. The summed E-state index contributed by atoms with van der Waals surface area (Å²) >= 11 is 0. The predicted molar refractivity (Wildman–Crippen MR) is 149 cm³/mol. The van der Waals surface area contributed by atoms with Gasteiger partial charge < -0.3 is 34.3 Å². The zero-order valence-electron chi connectivity index (χ0n) is 23.8. The number of alkyl carbamates (subject to hydrolysis) is 1. The van der Waals surface area contributed by atoms with Crippen LogP contribution >= 0.6 is 0 Å². The maximum Gasteiger partial charge on any atom is 0.407 e. The van der Waals surface area contributed by atoms with Crippen molar-refractivity contribution in [2.24, 2.45) is 0 Å². The van der Waals surface area contributed by atoms with Crippen LogP contribution in [0.2, 0.25) is 0 Å². The summed E-state index contributed by atoms with van der Waals surface area (Å²) in [6, 6.07) is 9.23. The first-order chi connectivity index (χ1) is 19.3. The van der Waals surface area contributed by atoms with Gasteiger partial charge in [0.15, 0.2) is 0 Å². The van der Waals surface area contributed by atoms with E-state index in [4.69, 9.17) is 23.7 Å². The van der Waals surface area contributed by atoms with E-state index in [0.29, 0.717) is 49.1 Å². The Bertz CT molecular complexity index is 1170. The van der Waals surface area contributed by atoms with Crippen LogP contribution in [-0.2, 0) is 19.1 Å². The molecule has 2 amide bonds. The monoisotopic (exact) mass is 556 g/mol. The van der Waals surface area contributed by atoms with Gasteiger partial charge in [-0.25, -0.2) is 4.79 Å². The van der Waals surface area contributed by atoms with E-state index >= 15 is 0 Å². The van der Waals surface area contributed by atoms with Crippen molar-refractivity contribution in [1.29, 1.82) is 0 Å². The van der Waals surface area contributed by atoms with Crippen LogP contribution in [0, 0.1) is 13.8 Å². The molecule has 2 aromatic carbocycles. The number of nitrogens with one attached hydrogen (secondary N) is 2. The molecule has 0 saturated carbocycles. The average Bonchev–Trinajstić information content (AvgIpc) is 3.24. The number of hydrogen-bond acceptors (Lipinski definition) is 8. The molecule has 0 radical (unpaired) electrons.